The van der Waals surface area contributed by atoms with Gasteiger partial charge in [0.15, 0.2) is 0 Å². The molecule has 0 bridgehead atoms. The van der Waals surface area contributed by atoms with E-state index in [4.69, 9.17) is 8.83 Å². The summed E-state index contributed by atoms with van der Waals surface area (Å²) in [4.78, 5) is 11.3. The van der Waals surface area contributed by atoms with Gasteiger partial charge in [-0.3, -0.25) is 0 Å². The Kier molecular flexibility index (Phi) is 9.06. The van der Waals surface area contributed by atoms with E-state index in [1.807, 2.05) is 54.6 Å². The Balaban J connectivity index is 1.20. The molecular weight excluding hydrogens is 603 g/mol. The molecule has 0 atom stereocenters. The van der Waals surface area contributed by atoms with Gasteiger partial charge in [0.05, 0.1) is 6.20 Å². The highest BCUT2D eigenvalue weighted by atomic mass is 16.4. The highest BCUT2D eigenvalue weighted by Gasteiger charge is 2.15. The van der Waals surface area contributed by atoms with E-state index in [0.29, 0.717) is 17.5 Å². The van der Waals surface area contributed by atoms with Gasteiger partial charge in [-0.15, -0.1) is 0 Å². The lowest BCUT2D eigenvalue weighted by molar-refractivity contribution is 0.564. The highest BCUT2D eigenvalue weighted by Crippen LogP contribution is 2.38. The lowest BCUT2D eigenvalue weighted by atomic mass is 10.00. The van der Waals surface area contributed by atoms with Crippen LogP contribution in [0.5, 0.6) is 0 Å². The van der Waals surface area contributed by atoms with E-state index in [0.717, 1.165) is 45.0 Å². The zero-order valence-corrected chi connectivity index (χ0v) is 26.8. The van der Waals surface area contributed by atoms with Crippen LogP contribution in [0.15, 0.2) is 186 Å². The molecule has 49 heavy (non-hydrogen) atoms. The summed E-state index contributed by atoms with van der Waals surface area (Å²) < 4.78 is 11.7. The van der Waals surface area contributed by atoms with Crippen LogP contribution in [0.3, 0.4) is 0 Å². The van der Waals surface area contributed by atoms with Gasteiger partial charge >= 0.3 is 0 Å². The summed E-state index contributed by atoms with van der Waals surface area (Å²) in [6.07, 6.45) is 14.1. The van der Waals surface area contributed by atoms with E-state index in [1.165, 1.54) is 11.1 Å². The lowest BCUT2D eigenvalue weighted by Gasteiger charge is -2.26. The largest absolute Gasteiger partial charge is 0.444 e. The fraction of sp³-hybridized carbons (Fsp3) is 0. The lowest BCUT2D eigenvalue weighted by Crippen LogP contribution is -2.09. The second kappa shape index (κ2) is 14.4. The minimum absolute atomic E-state index is 0.557. The molecule has 0 unspecified atom stereocenters. The summed E-state index contributed by atoms with van der Waals surface area (Å²) in [5.74, 6) is 1.79. The molecule has 236 valence electrons. The van der Waals surface area contributed by atoms with Crippen LogP contribution in [0.1, 0.15) is 11.5 Å². The standard InChI is InChI=1S/C44H33N3O2/c1-3-5-12-38-31-48-44(46-38)37-22-28-41(29-23-37)47(40-26-20-36(21-27-40)43-45-30-42(49-43)13-6-4-2)39-24-18-35(19-25-39)34-16-14-33(15-17-34)32-10-8-7-9-11-32/h3-31H,1-2H2/b12-5-,13-6-. The maximum atomic E-state index is 5.92. The molecule has 5 aromatic carbocycles. The fourth-order valence-electron chi connectivity index (χ4n) is 5.56. The fourth-order valence-corrected chi connectivity index (χ4v) is 5.56. The highest BCUT2D eigenvalue weighted by molar-refractivity contribution is 5.80. The topological polar surface area (TPSA) is 55.3 Å². The molecule has 0 spiro atoms. The van der Waals surface area contributed by atoms with Crippen LogP contribution >= 0.6 is 0 Å². The predicted molar refractivity (Wildman–Crippen MR) is 201 cm³/mol. The monoisotopic (exact) mass is 635 g/mol. The number of nitrogens with zero attached hydrogens (tertiary/aromatic N) is 3. The minimum atomic E-state index is 0.557. The third-order valence-electron chi connectivity index (χ3n) is 8.04. The Morgan fingerprint density at radius 1 is 0.510 bits per heavy atom. The van der Waals surface area contributed by atoms with Gasteiger partial charge in [-0.05, 0) is 95.1 Å². The van der Waals surface area contributed by atoms with Crippen LogP contribution in [-0.4, -0.2) is 9.97 Å². The molecular formula is C44H33N3O2. The Hall–Kier alpha value is -6.72. The quantitative estimate of drug-likeness (QED) is 0.132. The van der Waals surface area contributed by atoms with Gasteiger partial charge in [-0.1, -0.05) is 104 Å². The maximum absolute atomic E-state index is 5.92. The second-order valence-corrected chi connectivity index (χ2v) is 11.3. The number of oxazole rings is 2. The summed E-state index contributed by atoms with van der Waals surface area (Å²) in [6.45, 7) is 7.43. The van der Waals surface area contributed by atoms with Crippen molar-refractivity contribution in [3.05, 3.63) is 189 Å². The summed E-state index contributed by atoms with van der Waals surface area (Å²) in [5.41, 5.74) is 10.2. The molecule has 7 rings (SSSR count). The molecule has 0 N–H and O–H groups in total. The number of rotatable bonds is 11. The third-order valence-corrected chi connectivity index (χ3v) is 8.04. The van der Waals surface area contributed by atoms with Crippen LogP contribution < -0.4 is 4.90 Å². The van der Waals surface area contributed by atoms with Crippen LogP contribution in [-0.2, 0) is 0 Å². The van der Waals surface area contributed by atoms with E-state index in [-0.39, 0.29) is 0 Å². The van der Waals surface area contributed by atoms with Gasteiger partial charge in [0, 0.05) is 28.2 Å². The molecule has 0 fully saturated rings. The molecule has 0 radical (unpaired) electrons. The first-order chi connectivity index (χ1) is 24.2. The van der Waals surface area contributed by atoms with Crippen LogP contribution in [0.25, 0.3) is 57.3 Å². The average Bonchev–Trinajstić information content (AvgIpc) is 3.85. The van der Waals surface area contributed by atoms with Crippen molar-refractivity contribution in [1.29, 1.82) is 0 Å². The van der Waals surface area contributed by atoms with Gasteiger partial charge < -0.3 is 13.7 Å². The van der Waals surface area contributed by atoms with Crippen LogP contribution in [0, 0.1) is 0 Å². The molecule has 0 aliphatic carbocycles. The molecule has 0 saturated carbocycles. The van der Waals surface area contributed by atoms with Crippen LogP contribution in [0.4, 0.5) is 17.1 Å². The van der Waals surface area contributed by atoms with Crippen molar-refractivity contribution in [3.63, 3.8) is 0 Å². The smallest absolute Gasteiger partial charge is 0.226 e. The van der Waals surface area contributed by atoms with Crippen molar-refractivity contribution in [3.8, 4) is 45.2 Å². The molecule has 0 aliphatic rings. The molecule has 7 aromatic rings. The Morgan fingerprint density at radius 3 is 1.53 bits per heavy atom. The number of benzene rings is 5. The van der Waals surface area contributed by atoms with Crippen molar-refractivity contribution in [2.45, 2.75) is 0 Å². The average molecular weight is 636 g/mol. The molecule has 2 heterocycles. The van der Waals surface area contributed by atoms with E-state index in [1.54, 1.807) is 24.6 Å². The van der Waals surface area contributed by atoms with Crippen molar-refractivity contribution in [1.82, 2.24) is 9.97 Å². The summed E-state index contributed by atoms with van der Waals surface area (Å²) >= 11 is 0. The van der Waals surface area contributed by atoms with Gasteiger partial charge in [0.25, 0.3) is 0 Å². The van der Waals surface area contributed by atoms with Gasteiger partial charge in [0.1, 0.15) is 17.7 Å². The molecule has 0 saturated heterocycles. The van der Waals surface area contributed by atoms with E-state index in [9.17, 15) is 0 Å². The van der Waals surface area contributed by atoms with Crippen molar-refractivity contribution in [2.24, 2.45) is 0 Å². The van der Waals surface area contributed by atoms with E-state index >= 15 is 0 Å². The molecule has 0 amide bonds. The second-order valence-electron chi connectivity index (χ2n) is 11.3. The number of aromatic nitrogens is 2. The summed E-state index contributed by atoms with van der Waals surface area (Å²) in [7, 11) is 0. The normalized spacial score (nSPS) is 11.3. The SMILES string of the molecule is C=C/C=C\c1coc(-c2ccc(N(c3ccc(-c4ccc(-c5ccccc5)cc4)cc3)c3ccc(-c4ncc(/C=C\C=C)o4)cc3)cc2)n1. The predicted octanol–water partition coefficient (Wildman–Crippen LogP) is 12.2. The van der Waals surface area contributed by atoms with Crippen molar-refractivity contribution < 1.29 is 8.83 Å². The van der Waals surface area contributed by atoms with E-state index in [2.05, 4.69) is 125 Å². The number of hydrogen-bond acceptors (Lipinski definition) is 5. The number of hydrogen-bond donors (Lipinski definition) is 0. The Bertz CT molecular complexity index is 2120. The van der Waals surface area contributed by atoms with Gasteiger partial charge in [0.2, 0.25) is 11.8 Å². The zero-order valence-electron chi connectivity index (χ0n) is 26.8. The Labute approximate surface area is 286 Å². The van der Waals surface area contributed by atoms with Crippen molar-refractivity contribution in [2.75, 3.05) is 4.90 Å². The zero-order chi connectivity index (χ0) is 33.4. The Morgan fingerprint density at radius 2 is 0.980 bits per heavy atom. The molecule has 5 heteroatoms. The van der Waals surface area contributed by atoms with Crippen molar-refractivity contribution >= 4 is 29.2 Å². The minimum Gasteiger partial charge on any atom is -0.444 e. The van der Waals surface area contributed by atoms with Crippen LogP contribution in [0.2, 0.25) is 0 Å². The maximum Gasteiger partial charge on any atom is 0.226 e. The first-order valence-electron chi connectivity index (χ1n) is 15.9. The van der Waals surface area contributed by atoms with Gasteiger partial charge in [-0.2, -0.15) is 0 Å². The van der Waals surface area contributed by atoms with E-state index < -0.39 is 0 Å². The van der Waals surface area contributed by atoms with Gasteiger partial charge in [-0.25, -0.2) is 9.97 Å². The number of anilines is 3. The molecule has 2 aromatic heterocycles. The third kappa shape index (κ3) is 7.02. The molecule has 5 nitrogen and oxygen atoms in total. The number of allylic oxidation sites excluding steroid dienone is 4. The summed E-state index contributed by atoms with van der Waals surface area (Å²) in [6, 6.07) is 44.2. The first-order valence-corrected chi connectivity index (χ1v) is 15.9. The summed E-state index contributed by atoms with van der Waals surface area (Å²) in [5, 5.41) is 0. The first kappa shape index (κ1) is 30.9. The molecule has 0 aliphatic heterocycles.